The lowest BCUT2D eigenvalue weighted by atomic mass is 10.00. The number of hydrogen-bond acceptors (Lipinski definition) is 7. The third-order valence-electron chi connectivity index (χ3n) is 5.90. The van der Waals surface area contributed by atoms with Crippen molar-refractivity contribution < 1.29 is 22.4 Å². The second kappa shape index (κ2) is 8.91. The van der Waals surface area contributed by atoms with Gasteiger partial charge in [-0.25, -0.2) is 8.42 Å². The predicted molar refractivity (Wildman–Crippen MR) is 119 cm³/mol. The van der Waals surface area contributed by atoms with E-state index in [1.54, 1.807) is 44.6 Å². The molecule has 1 aliphatic rings. The average molecular weight is 458 g/mol. The van der Waals surface area contributed by atoms with Crippen LogP contribution in [0.3, 0.4) is 0 Å². The Hall–Kier alpha value is -2.91. The average Bonchev–Trinajstić information content (AvgIpc) is 3.31. The molecule has 3 aromatic rings. The van der Waals surface area contributed by atoms with Crippen molar-refractivity contribution in [1.82, 2.24) is 14.4 Å². The highest BCUT2D eigenvalue weighted by atomic mass is 32.2. The molecule has 0 saturated carbocycles. The lowest BCUT2D eigenvalue weighted by Crippen LogP contribution is -2.39. The molecule has 1 aromatic heterocycles. The number of methoxy groups -OCH3 is 2. The van der Waals surface area contributed by atoms with Crippen LogP contribution >= 0.6 is 0 Å². The molecule has 0 radical (unpaired) electrons. The number of benzene rings is 2. The number of rotatable bonds is 6. The van der Waals surface area contributed by atoms with Crippen molar-refractivity contribution in [3.63, 3.8) is 0 Å². The van der Waals surface area contributed by atoms with Crippen LogP contribution in [0, 0.1) is 13.8 Å². The summed E-state index contributed by atoms with van der Waals surface area (Å²) in [6.07, 6.45) is 1.50. The topological polar surface area (TPSA) is 94.8 Å². The van der Waals surface area contributed by atoms with Crippen molar-refractivity contribution in [1.29, 1.82) is 0 Å². The molecular weight excluding hydrogens is 430 g/mol. The van der Waals surface area contributed by atoms with Gasteiger partial charge in [-0.1, -0.05) is 11.2 Å². The summed E-state index contributed by atoms with van der Waals surface area (Å²) < 4.78 is 44.1. The van der Waals surface area contributed by atoms with Crippen molar-refractivity contribution in [3.8, 4) is 22.9 Å². The Morgan fingerprint density at radius 3 is 2.41 bits per heavy atom. The van der Waals surface area contributed by atoms with Gasteiger partial charge in [0.2, 0.25) is 21.7 Å². The molecule has 0 spiro atoms. The van der Waals surface area contributed by atoms with Crippen LogP contribution in [0.1, 0.15) is 35.8 Å². The maximum atomic E-state index is 13.2. The van der Waals surface area contributed by atoms with E-state index in [0.717, 1.165) is 24.0 Å². The Balaban J connectivity index is 1.57. The molecule has 170 valence electrons. The number of sulfonamides is 1. The van der Waals surface area contributed by atoms with Gasteiger partial charge in [0, 0.05) is 24.7 Å². The second-order valence-corrected chi connectivity index (χ2v) is 9.94. The fraction of sp³-hybridized carbons (Fsp3) is 0.391. The fourth-order valence-corrected chi connectivity index (χ4v) is 5.45. The third-order valence-corrected chi connectivity index (χ3v) is 7.76. The van der Waals surface area contributed by atoms with E-state index in [2.05, 4.69) is 10.1 Å². The van der Waals surface area contributed by atoms with E-state index in [9.17, 15) is 8.42 Å². The largest absolute Gasteiger partial charge is 0.497 e. The first-order chi connectivity index (χ1) is 15.3. The highest BCUT2D eigenvalue weighted by Crippen LogP contribution is 2.33. The minimum atomic E-state index is -3.60. The summed E-state index contributed by atoms with van der Waals surface area (Å²) in [5, 5.41) is 4.11. The molecule has 8 nitrogen and oxygen atoms in total. The molecule has 9 heteroatoms. The first kappa shape index (κ1) is 22.3. The first-order valence-corrected chi connectivity index (χ1v) is 11.9. The van der Waals surface area contributed by atoms with Gasteiger partial charge < -0.3 is 14.0 Å². The van der Waals surface area contributed by atoms with E-state index in [0.29, 0.717) is 46.8 Å². The SMILES string of the molecule is COc1cc(OC)cc(-c2noc([C@@H]3CCCN(S(=O)(=O)c4ccc(C)c(C)c4)C3)n2)c1. The zero-order valence-corrected chi connectivity index (χ0v) is 19.5. The van der Waals surface area contributed by atoms with Gasteiger partial charge in [-0.15, -0.1) is 0 Å². The monoisotopic (exact) mass is 457 g/mol. The van der Waals surface area contributed by atoms with Crippen molar-refractivity contribution in [2.75, 3.05) is 27.3 Å². The molecule has 4 rings (SSSR count). The van der Waals surface area contributed by atoms with Crippen LogP contribution in [0.4, 0.5) is 0 Å². The summed E-state index contributed by atoms with van der Waals surface area (Å²) in [5.74, 6) is 1.91. The Bertz CT molecular complexity index is 1200. The number of ether oxygens (including phenoxy) is 2. The van der Waals surface area contributed by atoms with E-state index in [1.165, 1.54) is 4.31 Å². The molecular formula is C23H27N3O5S. The van der Waals surface area contributed by atoms with Gasteiger partial charge in [0.05, 0.1) is 25.0 Å². The van der Waals surface area contributed by atoms with E-state index < -0.39 is 10.0 Å². The second-order valence-electron chi connectivity index (χ2n) is 8.01. The minimum absolute atomic E-state index is 0.168. The third kappa shape index (κ3) is 4.35. The zero-order valence-electron chi connectivity index (χ0n) is 18.7. The molecule has 0 aliphatic carbocycles. The smallest absolute Gasteiger partial charge is 0.243 e. The summed E-state index contributed by atoms with van der Waals surface area (Å²) in [4.78, 5) is 4.88. The molecule has 0 N–H and O–H groups in total. The molecule has 2 aromatic carbocycles. The quantitative estimate of drug-likeness (QED) is 0.553. The van der Waals surface area contributed by atoms with Crippen molar-refractivity contribution in [2.45, 2.75) is 37.5 Å². The van der Waals surface area contributed by atoms with Crippen LogP contribution in [0.2, 0.25) is 0 Å². The van der Waals surface area contributed by atoms with E-state index in [-0.39, 0.29) is 5.92 Å². The molecule has 1 saturated heterocycles. The highest BCUT2D eigenvalue weighted by molar-refractivity contribution is 7.89. The van der Waals surface area contributed by atoms with E-state index in [1.807, 2.05) is 19.9 Å². The maximum absolute atomic E-state index is 13.2. The van der Waals surface area contributed by atoms with Gasteiger partial charge in [0.1, 0.15) is 11.5 Å². The Kier molecular flexibility index (Phi) is 6.21. The van der Waals surface area contributed by atoms with Crippen LogP contribution in [-0.4, -0.2) is 50.2 Å². The summed E-state index contributed by atoms with van der Waals surface area (Å²) in [6.45, 7) is 4.66. The summed E-state index contributed by atoms with van der Waals surface area (Å²) in [7, 11) is -0.443. The van der Waals surface area contributed by atoms with E-state index in [4.69, 9.17) is 14.0 Å². The highest BCUT2D eigenvalue weighted by Gasteiger charge is 2.33. The molecule has 0 amide bonds. The van der Waals surface area contributed by atoms with Crippen molar-refractivity contribution >= 4 is 10.0 Å². The van der Waals surface area contributed by atoms with Crippen LogP contribution in [0.15, 0.2) is 45.8 Å². The molecule has 0 unspecified atom stereocenters. The van der Waals surface area contributed by atoms with Gasteiger partial charge in [0.15, 0.2) is 0 Å². The van der Waals surface area contributed by atoms with Crippen LogP contribution in [0.25, 0.3) is 11.4 Å². The molecule has 1 fully saturated rings. The standard InChI is InChI=1S/C23H27N3O5S/c1-15-7-8-21(10-16(15)2)32(27,28)26-9-5-6-17(14-26)23-24-22(25-31-23)18-11-19(29-3)13-20(12-18)30-4/h7-8,10-13,17H,5-6,9,14H2,1-4H3/t17-/m1/s1. The number of aryl methyl sites for hydroxylation is 2. The summed E-state index contributed by atoms with van der Waals surface area (Å²) >= 11 is 0. The van der Waals surface area contributed by atoms with Crippen LogP contribution in [0.5, 0.6) is 11.5 Å². The Morgan fingerprint density at radius 2 is 1.75 bits per heavy atom. The fourth-order valence-electron chi connectivity index (χ4n) is 3.84. The molecule has 32 heavy (non-hydrogen) atoms. The normalized spacial score (nSPS) is 17.3. The lowest BCUT2D eigenvalue weighted by molar-refractivity contribution is 0.265. The molecule has 2 heterocycles. The van der Waals surface area contributed by atoms with Crippen molar-refractivity contribution in [2.24, 2.45) is 0 Å². The minimum Gasteiger partial charge on any atom is -0.497 e. The first-order valence-electron chi connectivity index (χ1n) is 10.5. The van der Waals surface area contributed by atoms with E-state index >= 15 is 0 Å². The Morgan fingerprint density at radius 1 is 1.03 bits per heavy atom. The zero-order chi connectivity index (χ0) is 22.9. The van der Waals surface area contributed by atoms with Gasteiger partial charge >= 0.3 is 0 Å². The molecule has 1 atom stereocenters. The van der Waals surface area contributed by atoms with Gasteiger partial charge in [-0.3, -0.25) is 0 Å². The van der Waals surface area contributed by atoms with Crippen LogP contribution < -0.4 is 9.47 Å². The number of piperidine rings is 1. The Labute approximate surface area is 188 Å². The van der Waals surface area contributed by atoms with Gasteiger partial charge in [-0.2, -0.15) is 9.29 Å². The van der Waals surface area contributed by atoms with Gasteiger partial charge in [0.25, 0.3) is 0 Å². The molecule has 0 bridgehead atoms. The van der Waals surface area contributed by atoms with Crippen molar-refractivity contribution in [3.05, 3.63) is 53.4 Å². The molecule has 1 aliphatic heterocycles. The predicted octanol–water partition coefficient (Wildman–Crippen LogP) is 3.94. The number of nitrogens with zero attached hydrogens (tertiary/aromatic N) is 3. The lowest BCUT2D eigenvalue weighted by Gasteiger charge is -2.30. The number of hydrogen-bond donors (Lipinski definition) is 0. The number of aromatic nitrogens is 2. The maximum Gasteiger partial charge on any atom is 0.243 e. The van der Waals surface area contributed by atoms with Gasteiger partial charge in [-0.05, 0) is 62.1 Å². The summed E-state index contributed by atoms with van der Waals surface area (Å²) in [6, 6.07) is 10.6. The summed E-state index contributed by atoms with van der Waals surface area (Å²) in [5.41, 5.74) is 2.72. The van der Waals surface area contributed by atoms with Crippen LogP contribution in [-0.2, 0) is 10.0 Å².